The smallest absolute Gasteiger partial charge is 0.320 e. The van der Waals surface area contributed by atoms with Crippen LogP contribution in [0, 0.1) is 35.5 Å². The van der Waals surface area contributed by atoms with Crippen LogP contribution in [0.2, 0.25) is 0 Å². The van der Waals surface area contributed by atoms with Gasteiger partial charge in [0.25, 0.3) is 0 Å². The van der Waals surface area contributed by atoms with Crippen molar-refractivity contribution in [2.45, 2.75) is 129 Å². The first-order valence-corrected chi connectivity index (χ1v) is 14.1. The van der Waals surface area contributed by atoms with E-state index in [2.05, 4.69) is 19.1 Å². The van der Waals surface area contributed by atoms with Crippen LogP contribution in [0.1, 0.15) is 123 Å². The summed E-state index contributed by atoms with van der Waals surface area (Å²) in [6.45, 7) is 4.59. The molecule has 186 valence electrons. The van der Waals surface area contributed by atoms with Gasteiger partial charge in [0.05, 0.1) is 6.61 Å². The van der Waals surface area contributed by atoms with Gasteiger partial charge in [-0.05, 0) is 107 Å². The van der Waals surface area contributed by atoms with Crippen molar-refractivity contribution in [2.75, 3.05) is 6.61 Å². The Labute approximate surface area is 197 Å². The van der Waals surface area contributed by atoms with E-state index < -0.39 is 6.11 Å². The van der Waals surface area contributed by atoms with Gasteiger partial charge in [-0.3, -0.25) is 0 Å². The topological polar surface area (TPSA) is 9.23 Å². The number of unbranched alkanes of at least 4 members (excludes halogenated alkanes) is 2. The summed E-state index contributed by atoms with van der Waals surface area (Å²) in [6, 6.07) is 0. The second kappa shape index (κ2) is 13.4. The monoisotopic (exact) mass is 452 g/mol. The Hall–Kier alpha value is -0.440. The first kappa shape index (κ1) is 26.2. The molecule has 0 N–H and O–H groups in total. The summed E-state index contributed by atoms with van der Waals surface area (Å²) in [5, 5.41) is 0. The quantitative estimate of drug-likeness (QED) is 0.224. The van der Waals surface area contributed by atoms with Gasteiger partial charge >= 0.3 is 6.11 Å². The minimum atomic E-state index is -2.94. The minimum Gasteiger partial charge on any atom is -0.320 e. The van der Waals surface area contributed by atoms with Crippen LogP contribution < -0.4 is 0 Å². The fraction of sp³-hybridized carbons (Fsp3) is 0.931. The second-order valence-electron chi connectivity index (χ2n) is 11.5. The Morgan fingerprint density at radius 2 is 1.31 bits per heavy atom. The number of halogens is 2. The summed E-state index contributed by atoms with van der Waals surface area (Å²) in [5.74, 6) is 3.78. The average molecular weight is 453 g/mol. The molecule has 3 heteroatoms. The van der Waals surface area contributed by atoms with Crippen LogP contribution in [-0.4, -0.2) is 12.7 Å². The molecule has 0 radical (unpaired) electrons. The van der Waals surface area contributed by atoms with E-state index in [0.29, 0.717) is 11.8 Å². The van der Waals surface area contributed by atoms with Gasteiger partial charge in [-0.15, -0.1) is 0 Å². The first-order chi connectivity index (χ1) is 15.5. The Morgan fingerprint density at radius 3 is 1.88 bits per heavy atom. The lowest BCUT2D eigenvalue weighted by molar-refractivity contribution is -0.256. The lowest BCUT2D eigenvalue weighted by Gasteiger charge is -2.38. The Morgan fingerprint density at radius 1 is 0.750 bits per heavy atom. The van der Waals surface area contributed by atoms with Crippen molar-refractivity contribution < 1.29 is 13.5 Å². The van der Waals surface area contributed by atoms with Gasteiger partial charge < -0.3 is 4.74 Å². The normalized spacial score (nSPS) is 34.8. The van der Waals surface area contributed by atoms with Crippen LogP contribution in [0.3, 0.4) is 0 Å². The molecule has 0 amide bonds. The number of ether oxygens (including phenoxy) is 1. The highest BCUT2D eigenvalue weighted by Gasteiger charge is 2.37. The van der Waals surface area contributed by atoms with E-state index in [1.165, 1.54) is 64.2 Å². The van der Waals surface area contributed by atoms with Crippen LogP contribution in [0.4, 0.5) is 8.78 Å². The molecule has 32 heavy (non-hydrogen) atoms. The van der Waals surface area contributed by atoms with Crippen molar-refractivity contribution in [3.8, 4) is 0 Å². The van der Waals surface area contributed by atoms with Gasteiger partial charge in [0.15, 0.2) is 0 Å². The predicted molar refractivity (Wildman–Crippen MR) is 131 cm³/mol. The van der Waals surface area contributed by atoms with Gasteiger partial charge in [0.1, 0.15) is 0 Å². The van der Waals surface area contributed by atoms with E-state index >= 15 is 0 Å². The molecule has 3 fully saturated rings. The standard InChI is InChI=1S/C29H50F2O/c1-3-5-6-8-24-13-17-27(18-14-24)28-19-15-26(16-20-28)22-32-29(30,31)21-25-11-9-23(7-4-2)10-12-25/h4,7,23-28H,3,5-6,8-22H2,1-2H3/b7-4+. The highest BCUT2D eigenvalue weighted by Crippen LogP contribution is 2.43. The minimum absolute atomic E-state index is 0.0770. The van der Waals surface area contributed by atoms with Crippen molar-refractivity contribution in [3.63, 3.8) is 0 Å². The first-order valence-electron chi connectivity index (χ1n) is 14.1. The van der Waals surface area contributed by atoms with Gasteiger partial charge in [0, 0.05) is 6.42 Å². The molecule has 1 nitrogen and oxygen atoms in total. The maximum atomic E-state index is 14.5. The summed E-state index contributed by atoms with van der Waals surface area (Å²) in [5.41, 5.74) is 0. The zero-order valence-corrected chi connectivity index (χ0v) is 21.0. The third-order valence-corrected chi connectivity index (χ3v) is 9.08. The number of hydrogen-bond acceptors (Lipinski definition) is 1. The van der Waals surface area contributed by atoms with Gasteiger partial charge in [-0.2, -0.15) is 8.78 Å². The highest BCUT2D eigenvalue weighted by atomic mass is 19.3. The number of allylic oxidation sites excluding steroid dienone is 2. The largest absolute Gasteiger partial charge is 0.356 e. The molecule has 3 aliphatic carbocycles. The molecule has 0 atom stereocenters. The van der Waals surface area contributed by atoms with E-state index in [9.17, 15) is 8.78 Å². The fourth-order valence-electron chi connectivity index (χ4n) is 6.95. The van der Waals surface area contributed by atoms with E-state index in [4.69, 9.17) is 4.74 Å². The second-order valence-corrected chi connectivity index (χ2v) is 11.5. The van der Waals surface area contributed by atoms with Crippen LogP contribution in [-0.2, 0) is 4.74 Å². The van der Waals surface area contributed by atoms with Crippen LogP contribution in [0.15, 0.2) is 12.2 Å². The Balaban J connectivity index is 1.29. The van der Waals surface area contributed by atoms with Gasteiger partial charge in [-0.25, -0.2) is 0 Å². The molecule has 0 aromatic heterocycles. The molecule has 0 aromatic carbocycles. The third-order valence-electron chi connectivity index (χ3n) is 9.08. The molecule has 3 saturated carbocycles. The molecule has 3 rings (SSSR count). The zero-order valence-electron chi connectivity index (χ0n) is 21.0. The molecule has 3 aliphatic rings. The Bertz CT molecular complexity index is 521. The van der Waals surface area contributed by atoms with Crippen molar-refractivity contribution in [3.05, 3.63) is 12.2 Å². The Kier molecular flexibility index (Phi) is 11.0. The molecule has 0 saturated heterocycles. The van der Waals surface area contributed by atoms with Crippen LogP contribution in [0.25, 0.3) is 0 Å². The highest BCUT2D eigenvalue weighted by molar-refractivity contribution is 4.89. The van der Waals surface area contributed by atoms with Crippen molar-refractivity contribution in [1.82, 2.24) is 0 Å². The summed E-state index contributed by atoms with van der Waals surface area (Å²) >= 11 is 0. The SMILES string of the molecule is C/C=C/C1CCC(CC(F)(F)OCC2CCC(C3CCC(CCCCC)CC3)CC2)CC1. The molecule has 0 heterocycles. The van der Waals surface area contributed by atoms with E-state index in [1.54, 1.807) is 0 Å². The maximum absolute atomic E-state index is 14.5. The predicted octanol–water partition coefficient (Wildman–Crippen LogP) is 9.56. The molecule has 0 aromatic rings. The van der Waals surface area contributed by atoms with Crippen molar-refractivity contribution in [1.29, 1.82) is 0 Å². The number of hydrogen-bond donors (Lipinski definition) is 0. The molecule has 0 bridgehead atoms. The molecule has 0 unspecified atom stereocenters. The summed E-state index contributed by atoms with van der Waals surface area (Å²) in [4.78, 5) is 0. The average Bonchev–Trinajstić information content (AvgIpc) is 2.80. The zero-order chi connectivity index (χ0) is 22.8. The lowest BCUT2D eigenvalue weighted by atomic mass is 9.69. The lowest BCUT2D eigenvalue weighted by Crippen LogP contribution is -2.31. The third kappa shape index (κ3) is 8.73. The van der Waals surface area contributed by atoms with Gasteiger partial charge in [-0.1, -0.05) is 57.6 Å². The van der Waals surface area contributed by atoms with Crippen LogP contribution >= 0.6 is 0 Å². The van der Waals surface area contributed by atoms with Crippen molar-refractivity contribution >= 4 is 0 Å². The van der Waals surface area contributed by atoms with Crippen molar-refractivity contribution in [2.24, 2.45) is 35.5 Å². The van der Waals surface area contributed by atoms with E-state index in [0.717, 1.165) is 56.3 Å². The number of alkyl halides is 2. The molecular formula is C29H50F2O. The maximum Gasteiger partial charge on any atom is 0.356 e. The summed E-state index contributed by atoms with van der Waals surface area (Å²) in [7, 11) is 0. The fourth-order valence-corrected chi connectivity index (χ4v) is 6.95. The number of rotatable bonds is 11. The van der Waals surface area contributed by atoms with Gasteiger partial charge in [0.2, 0.25) is 0 Å². The molecular weight excluding hydrogens is 402 g/mol. The van der Waals surface area contributed by atoms with Crippen LogP contribution in [0.5, 0.6) is 0 Å². The molecule has 0 aliphatic heterocycles. The summed E-state index contributed by atoms with van der Waals surface area (Å²) < 4.78 is 34.2. The van der Waals surface area contributed by atoms with E-state index in [-0.39, 0.29) is 18.9 Å². The summed E-state index contributed by atoms with van der Waals surface area (Å²) in [6.07, 6.45) is 21.2. The molecule has 0 spiro atoms. The van der Waals surface area contributed by atoms with E-state index in [1.807, 2.05) is 6.92 Å².